The summed E-state index contributed by atoms with van der Waals surface area (Å²) in [6.45, 7) is 1.97. The first-order valence-corrected chi connectivity index (χ1v) is 8.32. The average Bonchev–Trinajstić information content (AvgIpc) is 2.77. The van der Waals surface area contributed by atoms with E-state index in [4.69, 9.17) is 17.3 Å². The van der Waals surface area contributed by atoms with E-state index in [1.54, 1.807) is 0 Å². The third-order valence-electron chi connectivity index (χ3n) is 2.70. The van der Waals surface area contributed by atoms with Crippen molar-refractivity contribution in [2.75, 3.05) is 5.73 Å². The van der Waals surface area contributed by atoms with Gasteiger partial charge in [-0.25, -0.2) is 17.5 Å². The van der Waals surface area contributed by atoms with Crippen molar-refractivity contribution >= 4 is 38.6 Å². The van der Waals surface area contributed by atoms with Crippen molar-refractivity contribution in [1.82, 2.24) is 4.72 Å². The number of hydrogen-bond donors (Lipinski definition) is 2. The van der Waals surface area contributed by atoms with Crippen LogP contribution in [0.25, 0.3) is 0 Å². The van der Waals surface area contributed by atoms with Crippen LogP contribution in [0.3, 0.4) is 0 Å². The Morgan fingerprint density at radius 1 is 1.45 bits per heavy atom. The van der Waals surface area contributed by atoms with Gasteiger partial charge < -0.3 is 5.73 Å². The number of thiophene rings is 1. The lowest BCUT2D eigenvalue weighted by Gasteiger charge is -2.09. The fraction of sp³-hybridized carbons (Fsp3) is 0.167. The molecule has 0 aliphatic rings. The normalized spacial score (nSPS) is 11.8. The zero-order chi connectivity index (χ0) is 14.9. The summed E-state index contributed by atoms with van der Waals surface area (Å²) in [6, 6.07) is 4.09. The van der Waals surface area contributed by atoms with Gasteiger partial charge in [-0.2, -0.15) is 0 Å². The first kappa shape index (κ1) is 15.2. The Kier molecular flexibility index (Phi) is 4.33. The molecule has 4 nitrogen and oxygen atoms in total. The van der Waals surface area contributed by atoms with Crippen LogP contribution >= 0.6 is 22.9 Å². The number of hydrogen-bond acceptors (Lipinski definition) is 4. The average molecular weight is 335 g/mol. The molecule has 2 aromatic rings. The molecule has 3 N–H and O–H groups in total. The van der Waals surface area contributed by atoms with E-state index in [1.807, 2.05) is 18.4 Å². The topological polar surface area (TPSA) is 72.2 Å². The number of benzene rings is 1. The number of anilines is 1. The lowest BCUT2D eigenvalue weighted by molar-refractivity contribution is 0.557. The summed E-state index contributed by atoms with van der Waals surface area (Å²) in [4.78, 5) is 0.320. The highest BCUT2D eigenvalue weighted by Crippen LogP contribution is 2.26. The van der Waals surface area contributed by atoms with Crippen molar-refractivity contribution in [1.29, 1.82) is 0 Å². The van der Waals surface area contributed by atoms with E-state index < -0.39 is 20.7 Å². The maximum atomic E-state index is 13.8. The first-order valence-electron chi connectivity index (χ1n) is 5.58. The molecule has 0 aliphatic heterocycles. The van der Waals surface area contributed by atoms with Crippen LogP contribution in [-0.4, -0.2) is 8.42 Å². The van der Waals surface area contributed by atoms with Crippen molar-refractivity contribution in [3.05, 3.63) is 44.9 Å². The van der Waals surface area contributed by atoms with Gasteiger partial charge in [-0.3, -0.25) is 0 Å². The number of aryl methyl sites for hydroxylation is 1. The molecule has 0 aliphatic carbocycles. The van der Waals surface area contributed by atoms with E-state index in [0.29, 0.717) is 0 Å². The molecule has 0 atom stereocenters. The second-order valence-electron chi connectivity index (χ2n) is 4.17. The van der Waals surface area contributed by atoms with Crippen molar-refractivity contribution < 1.29 is 12.8 Å². The number of nitrogens with one attached hydrogen (secondary N) is 1. The number of nitrogen functional groups attached to an aromatic ring is 1. The molecule has 2 rings (SSSR count). The summed E-state index contributed by atoms with van der Waals surface area (Å²) in [6.07, 6.45) is 0. The lowest BCUT2D eigenvalue weighted by Crippen LogP contribution is -2.24. The Morgan fingerprint density at radius 2 is 2.15 bits per heavy atom. The third-order valence-corrected chi connectivity index (χ3v) is 5.40. The maximum absolute atomic E-state index is 13.8. The van der Waals surface area contributed by atoms with E-state index in [2.05, 4.69) is 4.72 Å². The highest BCUT2D eigenvalue weighted by molar-refractivity contribution is 7.89. The summed E-state index contributed by atoms with van der Waals surface area (Å²) in [5.41, 5.74) is 6.56. The molecular formula is C12H12ClFN2O2S2. The standard InChI is InChI=1S/C12H12ClFN2O2S2/c1-7-2-3-19-10(7)6-16-20(17,18)11-5-8(15)4-9(13)12(11)14/h2-5,16H,6,15H2,1H3. The predicted molar refractivity (Wildman–Crippen MR) is 78.9 cm³/mol. The molecule has 0 amide bonds. The molecular weight excluding hydrogens is 323 g/mol. The highest BCUT2D eigenvalue weighted by Gasteiger charge is 2.22. The van der Waals surface area contributed by atoms with Gasteiger partial charge in [0.1, 0.15) is 4.90 Å². The number of sulfonamides is 1. The smallest absolute Gasteiger partial charge is 0.243 e. The largest absolute Gasteiger partial charge is 0.399 e. The quantitative estimate of drug-likeness (QED) is 0.844. The van der Waals surface area contributed by atoms with Crippen LogP contribution in [0, 0.1) is 12.7 Å². The SMILES string of the molecule is Cc1ccsc1CNS(=O)(=O)c1cc(N)cc(Cl)c1F. The minimum absolute atomic E-state index is 0.0871. The molecule has 0 fully saturated rings. The fourth-order valence-electron chi connectivity index (χ4n) is 1.60. The molecule has 1 heterocycles. The fourth-order valence-corrected chi connectivity index (χ4v) is 3.95. The second kappa shape index (κ2) is 5.69. The Hall–Kier alpha value is -1.15. The van der Waals surface area contributed by atoms with E-state index >= 15 is 0 Å². The van der Waals surface area contributed by atoms with Gasteiger partial charge in [0.05, 0.1) is 5.02 Å². The van der Waals surface area contributed by atoms with E-state index in [-0.39, 0.29) is 17.3 Å². The van der Waals surface area contributed by atoms with Crippen LogP contribution in [-0.2, 0) is 16.6 Å². The molecule has 1 aromatic carbocycles. The van der Waals surface area contributed by atoms with Gasteiger partial charge in [0.15, 0.2) is 5.82 Å². The minimum Gasteiger partial charge on any atom is -0.399 e. The summed E-state index contributed by atoms with van der Waals surface area (Å²) < 4.78 is 40.4. The monoisotopic (exact) mass is 334 g/mol. The van der Waals surface area contributed by atoms with Crippen molar-refractivity contribution in [2.45, 2.75) is 18.4 Å². The Labute approximate surface area is 125 Å². The van der Waals surface area contributed by atoms with Gasteiger partial charge in [0.2, 0.25) is 10.0 Å². The number of rotatable bonds is 4. The molecule has 0 saturated heterocycles. The zero-order valence-corrected chi connectivity index (χ0v) is 12.9. The zero-order valence-electron chi connectivity index (χ0n) is 10.5. The number of halogens is 2. The van der Waals surface area contributed by atoms with Crippen molar-refractivity contribution in [2.24, 2.45) is 0 Å². The molecule has 0 radical (unpaired) electrons. The van der Waals surface area contributed by atoms with Crippen LogP contribution in [0.2, 0.25) is 5.02 Å². The maximum Gasteiger partial charge on any atom is 0.243 e. The van der Waals surface area contributed by atoms with E-state index in [1.165, 1.54) is 17.4 Å². The number of nitrogens with two attached hydrogens (primary N) is 1. The molecule has 0 saturated carbocycles. The second-order valence-corrected chi connectivity index (χ2v) is 7.31. The predicted octanol–water partition coefficient (Wildman–Crippen LogP) is 2.91. The van der Waals surface area contributed by atoms with Gasteiger partial charge in [-0.05, 0) is 36.1 Å². The van der Waals surface area contributed by atoms with Crippen LogP contribution in [0.5, 0.6) is 0 Å². The molecule has 0 bridgehead atoms. The molecule has 0 unspecified atom stereocenters. The van der Waals surface area contributed by atoms with Gasteiger partial charge >= 0.3 is 0 Å². The summed E-state index contributed by atoms with van der Waals surface area (Å²) in [5, 5.41) is 1.54. The molecule has 108 valence electrons. The van der Waals surface area contributed by atoms with Crippen LogP contribution in [0.4, 0.5) is 10.1 Å². The van der Waals surface area contributed by atoms with Gasteiger partial charge in [0, 0.05) is 17.1 Å². The minimum atomic E-state index is -4.01. The van der Waals surface area contributed by atoms with Crippen molar-refractivity contribution in [3.8, 4) is 0 Å². The van der Waals surface area contributed by atoms with Crippen LogP contribution in [0.15, 0.2) is 28.5 Å². The Bertz CT molecular complexity index is 744. The molecule has 20 heavy (non-hydrogen) atoms. The lowest BCUT2D eigenvalue weighted by atomic mass is 10.3. The van der Waals surface area contributed by atoms with E-state index in [0.717, 1.165) is 16.5 Å². The van der Waals surface area contributed by atoms with Gasteiger partial charge in [-0.1, -0.05) is 11.6 Å². The first-order chi connectivity index (χ1) is 9.31. The summed E-state index contributed by atoms with van der Waals surface area (Å²) >= 11 is 7.03. The van der Waals surface area contributed by atoms with Gasteiger partial charge in [0.25, 0.3) is 0 Å². The highest BCUT2D eigenvalue weighted by atomic mass is 35.5. The van der Waals surface area contributed by atoms with Gasteiger partial charge in [-0.15, -0.1) is 11.3 Å². The molecule has 8 heteroatoms. The van der Waals surface area contributed by atoms with Crippen LogP contribution in [0.1, 0.15) is 10.4 Å². The Balaban J connectivity index is 2.29. The van der Waals surface area contributed by atoms with Crippen LogP contribution < -0.4 is 10.5 Å². The summed E-state index contributed by atoms with van der Waals surface area (Å²) in [5.74, 6) is -1.00. The summed E-state index contributed by atoms with van der Waals surface area (Å²) in [7, 11) is -4.01. The molecule has 0 spiro atoms. The van der Waals surface area contributed by atoms with Crippen molar-refractivity contribution in [3.63, 3.8) is 0 Å². The molecule has 1 aromatic heterocycles. The van der Waals surface area contributed by atoms with E-state index in [9.17, 15) is 12.8 Å². The Morgan fingerprint density at radius 3 is 2.75 bits per heavy atom. The third kappa shape index (κ3) is 3.12.